The molecule has 0 spiro atoms. The van der Waals surface area contributed by atoms with Crippen LogP contribution >= 0.6 is 0 Å². The van der Waals surface area contributed by atoms with E-state index in [1.807, 2.05) is 30.3 Å². The van der Waals surface area contributed by atoms with Gasteiger partial charge in [-0.05, 0) is 17.9 Å². The molecule has 0 saturated heterocycles. The first-order valence-corrected chi connectivity index (χ1v) is 6.73. The van der Waals surface area contributed by atoms with E-state index in [0.29, 0.717) is 5.69 Å². The fraction of sp³-hybridized carbons (Fsp3) is 0.267. The van der Waals surface area contributed by atoms with Crippen LogP contribution in [0.15, 0.2) is 42.7 Å². The molecule has 6 heteroatoms. The maximum atomic E-state index is 12.1. The number of nitrogens with zero attached hydrogens (tertiary/aromatic N) is 2. The SMILES string of the molecule is O=C(O)Cn1cc(NC(=O)C2CC2c2ccccc2)cn1. The first-order chi connectivity index (χ1) is 10.1. The van der Waals surface area contributed by atoms with E-state index in [0.717, 1.165) is 6.42 Å². The Morgan fingerprint density at radius 2 is 2.10 bits per heavy atom. The van der Waals surface area contributed by atoms with Gasteiger partial charge in [0.05, 0.1) is 11.9 Å². The second kappa shape index (κ2) is 5.40. The molecule has 0 aliphatic heterocycles. The van der Waals surface area contributed by atoms with Gasteiger partial charge in [-0.25, -0.2) is 0 Å². The van der Waals surface area contributed by atoms with E-state index in [-0.39, 0.29) is 24.3 Å². The summed E-state index contributed by atoms with van der Waals surface area (Å²) in [5, 5.41) is 15.3. The van der Waals surface area contributed by atoms with Crippen molar-refractivity contribution < 1.29 is 14.7 Å². The van der Waals surface area contributed by atoms with Gasteiger partial charge in [-0.3, -0.25) is 14.3 Å². The van der Waals surface area contributed by atoms with Crippen LogP contribution in [-0.2, 0) is 16.1 Å². The van der Waals surface area contributed by atoms with Crippen LogP contribution in [0.2, 0.25) is 0 Å². The molecule has 108 valence electrons. The molecule has 1 aromatic carbocycles. The molecule has 6 nitrogen and oxygen atoms in total. The lowest BCUT2D eigenvalue weighted by Gasteiger charge is -2.02. The van der Waals surface area contributed by atoms with E-state index in [2.05, 4.69) is 10.4 Å². The largest absolute Gasteiger partial charge is 0.480 e. The van der Waals surface area contributed by atoms with Crippen LogP contribution in [-0.4, -0.2) is 26.8 Å². The van der Waals surface area contributed by atoms with Crippen molar-refractivity contribution in [3.63, 3.8) is 0 Å². The lowest BCUT2D eigenvalue weighted by atomic mass is 10.1. The maximum Gasteiger partial charge on any atom is 0.325 e. The highest BCUT2D eigenvalue weighted by Gasteiger charge is 2.43. The zero-order valence-corrected chi connectivity index (χ0v) is 11.3. The number of carboxylic acids is 1. The molecule has 1 amide bonds. The summed E-state index contributed by atoms with van der Waals surface area (Å²) in [5.74, 6) is -0.753. The lowest BCUT2D eigenvalue weighted by molar-refractivity contribution is -0.137. The van der Waals surface area contributed by atoms with Gasteiger partial charge in [-0.2, -0.15) is 5.10 Å². The second-order valence-corrected chi connectivity index (χ2v) is 5.17. The number of aliphatic carboxylic acids is 1. The number of rotatable bonds is 5. The van der Waals surface area contributed by atoms with Crippen molar-refractivity contribution in [3.8, 4) is 0 Å². The summed E-state index contributed by atoms with van der Waals surface area (Å²) < 4.78 is 1.28. The van der Waals surface area contributed by atoms with Gasteiger partial charge in [0.2, 0.25) is 5.91 Å². The minimum Gasteiger partial charge on any atom is -0.480 e. The average molecular weight is 285 g/mol. The van der Waals surface area contributed by atoms with E-state index in [1.54, 1.807) is 0 Å². The molecular weight excluding hydrogens is 270 g/mol. The maximum absolute atomic E-state index is 12.1. The molecule has 2 aromatic rings. The predicted octanol–water partition coefficient (Wildman–Crippen LogP) is 1.71. The van der Waals surface area contributed by atoms with Crippen LogP contribution in [0.25, 0.3) is 0 Å². The molecule has 2 N–H and O–H groups in total. The molecule has 2 atom stereocenters. The molecule has 2 unspecified atom stereocenters. The van der Waals surface area contributed by atoms with Crippen molar-refractivity contribution >= 4 is 17.6 Å². The summed E-state index contributed by atoms with van der Waals surface area (Å²) in [6.45, 7) is -0.216. The van der Waals surface area contributed by atoms with E-state index in [1.165, 1.54) is 22.6 Å². The number of hydrogen-bond acceptors (Lipinski definition) is 3. The van der Waals surface area contributed by atoms with Gasteiger partial charge in [0.1, 0.15) is 6.54 Å². The van der Waals surface area contributed by atoms with Crippen LogP contribution in [0.5, 0.6) is 0 Å². The Morgan fingerprint density at radius 1 is 1.33 bits per heavy atom. The molecule has 1 heterocycles. The number of carbonyl (C=O) groups excluding carboxylic acids is 1. The van der Waals surface area contributed by atoms with Gasteiger partial charge in [0.25, 0.3) is 0 Å². The minimum atomic E-state index is -0.970. The van der Waals surface area contributed by atoms with Gasteiger partial charge in [0, 0.05) is 12.1 Å². The Balaban J connectivity index is 1.58. The molecule has 0 bridgehead atoms. The monoisotopic (exact) mass is 285 g/mol. The Bertz CT molecular complexity index is 666. The van der Waals surface area contributed by atoms with Crippen LogP contribution in [0.1, 0.15) is 17.9 Å². The third-order valence-corrected chi connectivity index (χ3v) is 3.55. The van der Waals surface area contributed by atoms with Crippen LogP contribution in [0.4, 0.5) is 5.69 Å². The van der Waals surface area contributed by atoms with Crippen molar-refractivity contribution in [1.82, 2.24) is 9.78 Å². The summed E-state index contributed by atoms with van der Waals surface area (Å²) in [6, 6.07) is 9.96. The molecule has 1 aliphatic carbocycles. The Morgan fingerprint density at radius 3 is 2.81 bits per heavy atom. The van der Waals surface area contributed by atoms with Crippen molar-refractivity contribution in [2.75, 3.05) is 5.32 Å². The smallest absolute Gasteiger partial charge is 0.325 e. The van der Waals surface area contributed by atoms with Crippen LogP contribution in [0, 0.1) is 5.92 Å². The Hall–Kier alpha value is -2.63. The standard InChI is InChI=1S/C15H15N3O3/c19-14(20)9-18-8-11(7-16-18)17-15(21)13-6-12(13)10-4-2-1-3-5-10/h1-5,7-8,12-13H,6,9H2,(H,17,21)(H,19,20). The third-order valence-electron chi connectivity index (χ3n) is 3.55. The van der Waals surface area contributed by atoms with Crippen molar-refractivity contribution in [2.45, 2.75) is 18.9 Å². The summed E-state index contributed by atoms with van der Waals surface area (Å²) >= 11 is 0. The number of carbonyl (C=O) groups is 2. The number of hydrogen-bond donors (Lipinski definition) is 2. The quantitative estimate of drug-likeness (QED) is 0.876. The summed E-state index contributed by atoms with van der Waals surface area (Å²) in [6.07, 6.45) is 3.83. The highest BCUT2D eigenvalue weighted by atomic mass is 16.4. The fourth-order valence-corrected chi connectivity index (χ4v) is 2.44. The number of anilines is 1. The average Bonchev–Trinajstić information content (AvgIpc) is 3.16. The molecule has 21 heavy (non-hydrogen) atoms. The van der Waals surface area contributed by atoms with Crippen LogP contribution in [0.3, 0.4) is 0 Å². The first-order valence-electron chi connectivity index (χ1n) is 6.73. The second-order valence-electron chi connectivity index (χ2n) is 5.17. The molecule has 0 radical (unpaired) electrons. The molecule has 1 aliphatic rings. The van der Waals surface area contributed by atoms with Crippen molar-refractivity contribution in [3.05, 3.63) is 48.3 Å². The van der Waals surface area contributed by atoms with Gasteiger partial charge < -0.3 is 10.4 Å². The Labute approximate surface area is 121 Å². The topological polar surface area (TPSA) is 84.2 Å². The molecule has 3 rings (SSSR count). The van der Waals surface area contributed by atoms with Gasteiger partial charge in [-0.1, -0.05) is 30.3 Å². The summed E-state index contributed by atoms with van der Waals surface area (Å²) in [4.78, 5) is 22.7. The highest BCUT2D eigenvalue weighted by Crippen LogP contribution is 2.47. The van der Waals surface area contributed by atoms with Gasteiger partial charge in [0.15, 0.2) is 0 Å². The predicted molar refractivity (Wildman–Crippen MR) is 75.8 cm³/mol. The van der Waals surface area contributed by atoms with E-state index < -0.39 is 5.97 Å². The normalized spacial score (nSPS) is 20.0. The number of benzene rings is 1. The van der Waals surface area contributed by atoms with Gasteiger partial charge in [-0.15, -0.1) is 0 Å². The third kappa shape index (κ3) is 3.10. The van der Waals surface area contributed by atoms with E-state index in [4.69, 9.17) is 5.11 Å². The number of aromatic nitrogens is 2. The van der Waals surface area contributed by atoms with E-state index >= 15 is 0 Å². The fourth-order valence-electron chi connectivity index (χ4n) is 2.44. The Kier molecular flexibility index (Phi) is 3.43. The number of amides is 1. The van der Waals surface area contributed by atoms with Crippen molar-refractivity contribution in [2.24, 2.45) is 5.92 Å². The minimum absolute atomic E-state index is 0.0183. The zero-order chi connectivity index (χ0) is 14.8. The van der Waals surface area contributed by atoms with Crippen molar-refractivity contribution in [1.29, 1.82) is 0 Å². The molecule has 1 aromatic heterocycles. The zero-order valence-electron chi connectivity index (χ0n) is 11.3. The van der Waals surface area contributed by atoms with Crippen LogP contribution < -0.4 is 5.32 Å². The van der Waals surface area contributed by atoms with E-state index in [9.17, 15) is 9.59 Å². The molecular formula is C15H15N3O3. The molecule has 1 fully saturated rings. The number of carboxylic acid groups (broad SMARTS) is 1. The van der Waals surface area contributed by atoms with Gasteiger partial charge >= 0.3 is 5.97 Å². The summed E-state index contributed by atoms with van der Waals surface area (Å²) in [7, 11) is 0. The first kappa shape index (κ1) is 13.4. The highest BCUT2D eigenvalue weighted by molar-refractivity contribution is 5.95. The molecule has 1 saturated carbocycles. The number of nitrogens with one attached hydrogen (secondary N) is 1. The lowest BCUT2D eigenvalue weighted by Crippen LogP contribution is -2.14. The summed E-state index contributed by atoms with van der Waals surface area (Å²) in [5.41, 5.74) is 1.71.